The van der Waals surface area contributed by atoms with E-state index in [1.807, 2.05) is 6.07 Å². The Kier molecular flexibility index (Phi) is 5.90. The summed E-state index contributed by atoms with van der Waals surface area (Å²) in [5, 5.41) is 16.6. The van der Waals surface area contributed by atoms with Gasteiger partial charge in [0, 0.05) is 18.8 Å². The van der Waals surface area contributed by atoms with Gasteiger partial charge in [-0.05, 0) is 61.5 Å². The van der Waals surface area contributed by atoms with E-state index in [1.165, 1.54) is 19.3 Å². The van der Waals surface area contributed by atoms with Crippen molar-refractivity contribution in [2.45, 2.75) is 26.2 Å². The smallest absolute Gasteiger partial charge is 0.313 e. The maximum Gasteiger partial charge on any atom is 0.313 e. The van der Waals surface area contributed by atoms with Crippen LogP contribution in [0.15, 0.2) is 24.3 Å². The molecule has 2 amide bonds. The molecular weight excluding hydrogens is 334 g/mol. The van der Waals surface area contributed by atoms with E-state index in [0.29, 0.717) is 23.7 Å². The molecule has 0 atom stereocenters. The van der Waals surface area contributed by atoms with E-state index in [0.717, 1.165) is 19.6 Å². The van der Waals surface area contributed by atoms with Gasteiger partial charge in [-0.3, -0.25) is 9.59 Å². The average molecular weight is 357 g/mol. The van der Waals surface area contributed by atoms with E-state index >= 15 is 0 Å². The number of aromatic nitrogens is 4. The van der Waals surface area contributed by atoms with Crippen molar-refractivity contribution in [1.29, 1.82) is 0 Å². The highest BCUT2D eigenvalue weighted by molar-refractivity contribution is 6.39. The minimum absolute atomic E-state index is 0.468. The van der Waals surface area contributed by atoms with Gasteiger partial charge in [0.05, 0.1) is 5.69 Å². The summed E-state index contributed by atoms with van der Waals surface area (Å²) in [6.45, 7) is 5.14. The fourth-order valence-electron chi connectivity index (χ4n) is 2.96. The lowest BCUT2D eigenvalue weighted by Gasteiger charge is -2.26. The van der Waals surface area contributed by atoms with Gasteiger partial charge < -0.3 is 15.5 Å². The predicted molar refractivity (Wildman–Crippen MR) is 95.8 cm³/mol. The number of aryl methyl sites for hydroxylation is 1. The van der Waals surface area contributed by atoms with Gasteiger partial charge in [-0.1, -0.05) is 12.5 Å². The molecule has 1 fully saturated rings. The zero-order valence-electron chi connectivity index (χ0n) is 14.8. The van der Waals surface area contributed by atoms with Crippen molar-refractivity contribution < 1.29 is 9.59 Å². The molecule has 9 nitrogen and oxygen atoms in total. The quantitative estimate of drug-likeness (QED) is 0.756. The Hall–Kier alpha value is -2.81. The van der Waals surface area contributed by atoms with Crippen LogP contribution in [0.4, 0.5) is 5.69 Å². The molecule has 0 unspecified atom stereocenters. The van der Waals surface area contributed by atoms with E-state index in [9.17, 15) is 9.59 Å². The summed E-state index contributed by atoms with van der Waals surface area (Å²) in [5.41, 5.74) is 1.21. The number of likely N-dealkylation sites (tertiary alicyclic amines) is 1. The van der Waals surface area contributed by atoms with Crippen LogP contribution in [0.5, 0.6) is 0 Å². The standard InChI is InChI=1S/C17H23N7O2/c1-13-20-21-22-24(13)15-7-5-6-14(12-15)19-17(26)16(25)18-8-11-23-9-3-2-4-10-23/h5-7,12H,2-4,8-11H2,1H3,(H,18,25)(H,19,26). The summed E-state index contributed by atoms with van der Waals surface area (Å²) in [4.78, 5) is 26.4. The van der Waals surface area contributed by atoms with Crippen LogP contribution in [0.25, 0.3) is 5.69 Å². The maximum absolute atomic E-state index is 12.1. The monoisotopic (exact) mass is 357 g/mol. The predicted octanol–water partition coefficient (Wildman–Crippen LogP) is 0.511. The number of nitrogens with zero attached hydrogens (tertiary/aromatic N) is 5. The fraction of sp³-hybridized carbons (Fsp3) is 0.471. The second-order valence-electron chi connectivity index (χ2n) is 6.30. The minimum atomic E-state index is -0.686. The van der Waals surface area contributed by atoms with Crippen molar-refractivity contribution >= 4 is 17.5 Å². The van der Waals surface area contributed by atoms with Crippen LogP contribution in [0.1, 0.15) is 25.1 Å². The highest BCUT2D eigenvalue weighted by Gasteiger charge is 2.15. The molecule has 2 N–H and O–H groups in total. The van der Waals surface area contributed by atoms with E-state index in [1.54, 1.807) is 29.8 Å². The highest BCUT2D eigenvalue weighted by Crippen LogP contribution is 2.14. The van der Waals surface area contributed by atoms with Crippen molar-refractivity contribution in [3.63, 3.8) is 0 Å². The van der Waals surface area contributed by atoms with Crippen LogP contribution in [-0.4, -0.2) is 63.1 Å². The van der Waals surface area contributed by atoms with Crippen LogP contribution in [-0.2, 0) is 9.59 Å². The third kappa shape index (κ3) is 4.63. The van der Waals surface area contributed by atoms with E-state index < -0.39 is 11.8 Å². The first-order chi connectivity index (χ1) is 12.6. The lowest BCUT2D eigenvalue weighted by molar-refractivity contribution is -0.136. The van der Waals surface area contributed by atoms with E-state index in [-0.39, 0.29) is 0 Å². The Morgan fingerprint density at radius 2 is 1.96 bits per heavy atom. The zero-order valence-corrected chi connectivity index (χ0v) is 14.8. The van der Waals surface area contributed by atoms with Crippen molar-refractivity contribution in [2.75, 3.05) is 31.5 Å². The molecular formula is C17H23N7O2. The molecule has 0 bridgehead atoms. The van der Waals surface area contributed by atoms with Gasteiger partial charge in [-0.15, -0.1) is 5.10 Å². The number of hydrogen-bond donors (Lipinski definition) is 2. The topological polar surface area (TPSA) is 105 Å². The largest absolute Gasteiger partial charge is 0.347 e. The Bertz CT molecular complexity index is 768. The number of rotatable bonds is 5. The Labute approximate surface area is 151 Å². The van der Waals surface area contributed by atoms with Crippen LogP contribution in [0.2, 0.25) is 0 Å². The number of tetrazole rings is 1. The molecule has 138 valence electrons. The number of nitrogens with one attached hydrogen (secondary N) is 2. The first-order valence-corrected chi connectivity index (χ1v) is 8.80. The van der Waals surface area contributed by atoms with Crippen LogP contribution in [0, 0.1) is 6.92 Å². The number of hydrogen-bond acceptors (Lipinski definition) is 6. The Morgan fingerprint density at radius 3 is 2.69 bits per heavy atom. The van der Waals surface area contributed by atoms with Crippen LogP contribution >= 0.6 is 0 Å². The number of carbonyl (C=O) groups is 2. The number of carbonyl (C=O) groups excluding carboxylic acids is 2. The minimum Gasteiger partial charge on any atom is -0.347 e. The van der Waals surface area contributed by atoms with Crippen molar-refractivity contribution in [3.05, 3.63) is 30.1 Å². The molecule has 3 rings (SSSR count). The van der Waals surface area contributed by atoms with Gasteiger partial charge in [-0.2, -0.15) is 4.68 Å². The summed E-state index contributed by atoms with van der Waals surface area (Å²) in [6, 6.07) is 7.00. The number of benzene rings is 1. The molecule has 0 radical (unpaired) electrons. The third-order valence-corrected chi connectivity index (χ3v) is 4.34. The molecule has 1 saturated heterocycles. The maximum atomic E-state index is 12.1. The summed E-state index contributed by atoms with van der Waals surface area (Å²) < 4.78 is 1.55. The lowest BCUT2D eigenvalue weighted by Crippen LogP contribution is -2.41. The molecule has 1 aliphatic heterocycles. The van der Waals surface area contributed by atoms with Gasteiger partial charge in [0.2, 0.25) is 0 Å². The van der Waals surface area contributed by atoms with Gasteiger partial charge in [0.1, 0.15) is 0 Å². The normalized spacial score (nSPS) is 14.8. The van der Waals surface area contributed by atoms with Crippen molar-refractivity contribution in [2.24, 2.45) is 0 Å². The Morgan fingerprint density at radius 1 is 1.15 bits per heavy atom. The number of piperidine rings is 1. The molecule has 0 aliphatic carbocycles. The van der Waals surface area contributed by atoms with Crippen LogP contribution in [0.3, 0.4) is 0 Å². The first kappa shape index (κ1) is 18.0. The summed E-state index contributed by atoms with van der Waals surface area (Å²) in [5.74, 6) is -0.691. The fourth-order valence-corrected chi connectivity index (χ4v) is 2.96. The molecule has 1 aromatic heterocycles. The lowest BCUT2D eigenvalue weighted by atomic mass is 10.1. The summed E-state index contributed by atoms with van der Waals surface area (Å²) in [6.07, 6.45) is 3.67. The molecule has 0 spiro atoms. The second kappa shape index (κ2) is 8.52. The van der Waals surface area contributed by atoms with Gasteiger partial charge in [-0.25, -0.2) is 0 Å². The van der Waals surface area contributed by atoms with Crippen molar-refractivity contribution in [1.82, 2.24) is 30.4 Å². The van der Waals surface area contributed by atoms with E-state index in [2.05, 4.69) is 31.1 Å². The van der Waals surface area contributed by atoms with Crippen LogP contribution < -0.4 is 10.6 Å². The molecule has 0 saturated carbocycles. The SMILES string of the molecule is Cc1nnnn1-c1cccc(NC(=O)C(=O)NCCN2CCCCC2)c1. The van der Waals surface area contributed by atoms with Crippen molar-refractivity contribution in [3.8, 4) is 5.69 Å². The molecule has 2 heterocycles. The molecule has 9 heteroatoms. The highest BCUT2D eigenvalue weighted by atomic mass is 16.2. The Balaban J connectivity index is 1.51. The zero-order chi connectivity index (χ0) is 18.4. The number of amides is 2. The summed E-state index contributed by atoms with van der Waals surface area (Å²) >= 11 is 0. The second-order valence-corrected chi connectivity index (χ2v) is 6.30. The van der Waals surface area contributed by atoms with Gasteiger partial charge in [0.15, 0.2) is 5.82 Å². The van der Waals surface area contributed by atoms with Gasteiger partial charge in [0.25, 0.3) is 0 Å². The molecule has 1 aliphatic rings. The first-order valence-electron chi connectivity index (χ1n) is 8.80. The average Bonchev–Trinajstić information content (AvgIpc) is 3.08. The molecule has 2 aromatic rings. The molecule has 1 aromatic carbocycles. The third-order valence-electron chi connectivity index (χ3n) is 4.34. The molecule has 26 heavy (non-hydrogen) atoms. The van der Waals surface area contributed by atoms with E-state index in [4.69, 9.17) is 0 Å². The number of anilines is 1. The van der Waals surface area contributed by atoms with Gasteiger partial charge >= 0.3 is 11.8 Å². The summed E-state index contributed by atoms with van der Waals surface area (Å²) in [7, 11) is 0.